The van der Waals surface area contributed by atoms with Gasteiger partial charge < -0.3 is 10.4 Å². The molecule has 14 heavy (non-hydrogen) atoms. The molecule has 1 rings (SSSR count). The van der Waals surface area contributed by atoms with E-state index in [9.17, 15) is 9.59 Å². The molecule has 4 nitrogen and oxygen atoms in total. The minimum absolute atomic E-state index is 0.173. The zero-order chi connectivity index (χ0) is 10.7. The Morgan fingerprint density at radius 2 is 1.93 bits per heavy atom. The second-order valence-corrected chi connectivity index (χ2v) is 3.23. The number of benzene rings is 1. The molecule has 1 aromatic carbocycles. The van der Waals surface area contributed by atoms with Crippen molar-refractivity contribution in [3.8, 4) is 0 Å². The van der Waals surface area contributed by atoms with E-state index >= 15 is 0 Å². The zero-order valence-corrected chi connectivity index (χ0v) is 8.26. The quantitative estimate of drug-likeness (QED) is 0.730. The van der Waals surface area contributed by atoms with Gasteiger partial charge in [-0.3, -0.25) is 4.79 Å². The summed E-state index contributed by atoms with van der Waals surface area (Å²) in [6, 6.07) is 4.35. The van der Waals surface area contributed by atoms with E-state index in [1.807, 2.05) is 0 Å². The Morgan fingerprint density at radius 3 is 2.50 bits per heavy atom. The summed E-state index contributed by atoms with van der Waals surface area (Å²) in [6.45, 7) is 0. The van der Waals surface area contributed by atoms with Gasteiger partial charge in [0, 0.05) is 5.02 Å². The first kappa shape index (κ1) is 10.8. The summed E-state index contributed by atoms with van der Waals surface area (Å²) in [4.78, 5) is 21.0. The normalized spacial score (nSPS) is 9.57. The number of aliphatic carboxylic acids is 1. The summed E-state index contributed by atoms with van der Waals surface area (Å²) < 4.78 is 0. The van der Waals surface area contributed by atoms with Gasteiger partial charge in [-0.2, -0.15) is 0 Å². The Hall–Kier alpha value is -1.26. The van der Waals surface area contributed by atoms with Crippen molar-refractivity contribution in [3.63, 3.8) is 0 Å². The van der Waals surface area contributed by atoms with Crippen LogP contribution in [0.4, 0.5) is 5.69 Å². The average Bonchev–Trinajstić information content (AvgIpc) is 2.11. The lowest BCUT2D eigenvalue weighted by atomic mass is 10.3. The fourth-order valence-electron chi connectivity index (χ4n) is 0.769. The van der Waals surface area contributed by atoms with Crippen molar-refractivity contribution >= 4 is 40.8 Å². The molecule has 0 radical (unpaired) electrons. The van der Waals surface area contributed by atoms with E-state index in [2.05, 4.69) is 5.32 Å². The predicted molar refractivity (Wildman–Crippen MR) is 52.7 cm³/mol. The summed E-state index contributed by atoms with van der Waals surface area (Å²) in [6.07, 6.45) is 0. The first-order chi connectivity index (χ1) is 6.50. The van der Waals surface area contributed by atoms with Crippen LogP contribution in [0.1, 0.15) is 0 Å². The van der Waals surface area contributed by atoms with Gasteiger partial charge in [-0.1, -0.05) is 23.2 Å². The first-order valence-corrected chi connectivity index (χ1v) is 4.25. The van der Waals surface area contributed by atoms with E-state index in [0.29, 0.717) is 5.02 Å². The number of anilines is 1. The van der Waals surface area contributed by atoms with Gasteiger partial charge in [0.05, 0.1) is 10.7 Å². The van der Waals surface area contributed by atoms with E-state index in [1.54, 1.807) is 0 Å². The Bertz CT molecular complexity index is 392. The summed E-state index contributed by atoms with van der Waals surface area (Å²) in [7, 11) is 0. The van der Waals surface area contributed by atoms with Crippen molar-refractivity contribution in [1.29, 1.82) is 0 Å². The third kappa shape index (κ3) is 2.61. The summed E-state index contributed by atoms with van der Waals surface area (Å²) >= 11 is 11.3. The van der Waals surface area contributed by atoms with E-state index in [4.69, 9.17) is 28.3 Å². The van der Waals surface area contributed by atoms with Gasteiger partial charge in [-0.15, -0.1) is 0 Å². The highest BCUT2D eigenvalue weighted by Crippen LogP contribution is 2.25. The smallest absolute Gasteiger partial charge is 0.394 e. The molecule has 0 bridgehead atoms. The van der Waals surface area contributed by atoms with Crippen LogP contribution in [-0.2, 0) is 9.59 Å². The van der Waals surface area contributed by atoms with E-state index in [0.717, 1.165) is 0 Å². The van der Waals surface area contributed by atoms with E-state index < -0.39 is 11.9 Å². The Kier molecular flexibility index (Phi) is 3.33. The molecule has 0 atom stereocenters. The van der Waals surface area contributed by atoms with Crippen LogP contribution in [0.3, 0.4) is 0 Å². The predicted octanol–water partition coefficient (Wildman–Crippen LogP) is 2.02. The molecule has 0 saturated heterocycles. The Labute approximate surface area is 89.4 Å². The standard InChI is InChI=1S/C8H5Cl2NO3/c9-4-1-2-5(10)6(3-4)11-7(12)8(13)14/h1-3H,(H,11,12)(H,13,14). The largest absolute Gasteiger partial charge is 0.474 e. The van der Waals surface area contributed by atoms with Crippen LogP contribution >= 0.6 is 23.2 Å². The van der Waals surface area contributed by atoms with Gasteiger partial charge in [0.15, 0.2) is 0 Å². The van der Waals surface area contributed by atoms with Gasteiger partial charge in [0.1, 0.15) is 0 Å². The SMILES string of the molecule is O=C(O)C(=O)Nc1cc(Cl)ccc1Cl. The van der Waals surface area contributed by atoms with Crippen molar-refractivity contribution in [2.45, 2.75) is 0 Å². The second-order valence-electron chi connectivity index (χ2n) is 2.38. The summed E-state index contributed by atoms with van der Waals surface area (Å²) in [5.74, 6) is -2.74. The fraction of sp³-hybridized carbons (Fsp3) is 0. The molecule has 0 fully saturated rings. The van der Waals surface area contributed by atoms with Crippen LogP contribution in [0.15, 0.2) is 18.2 Å². The molecule has 1 amide bonds. The van der Waals surface area contributed by atoms with Gasteiger partial charge >= 0.3 is 11.9 Å². The van der Waals surface area contributed by atoms with Crippen LogP contribution in [0, 0.1) is 0 Å². The lowest BCUT2D eigenvalue weighted by Gasteiger charge is -2.04. The molecular weight excluding hydrogens is 229 g/mol. The van der Waals surface area contributed by atoms with Crippen LogP contribution < -0.4 is 5.32 Å². The molecule has 0 heterocycles. The highest BCUT2D eigenvalue weighted by atomic mass is 35.5. The van der Waals surface area contributed by atoms with Crippen LogP contribution in [0.25, 0.3) is 0 Å². The highest BCUT2D eigenvalue weighted by molar-refractivity contribution is 6.40. The van der Waals surface area contributed by atoms with Gasteiger partial charge in [-0.05, 0) is 18.2 Å². The van der Waals surface area contributed by atoms with Crippen molar-refractivity contribution in [2.75, 3.05) is 5.32 Å². The summed E-state index contributed by atoms with van der Waals surface area (Å²) in [5.41, 5.74) is 0.173. The average molecular weight is 234 g/mol. The highest BCUT2D eigenvalue weighted by Gasteiger charge is 2.12. The molecule has 74 valence electrons. The number of hydrogen-bond acceptors (Lipinski definition) is 2. The number of carboxylic acid groups (broad SMARTS) is 1. The third-order valence-corrected chi connectivity index (χ3v) is 1.94. The minimum atomic E-state index is -1.58. The molecule has 2 N–H and O–H groups in total. The maximum Gasteiger partial charge on any atom is 0.394 e. The number of carbonyl (C=O) groups is 2. The lowest BCUT2D eigenvalue weighted by Crippen LogP contribution is -2.21. The Balaban J connectivity index is 2.91. The number of hydrogen-bond donors (Lipinski definition) is 2. The van der Waals surface area contributed by atoms with Crippen molar-refractivity contribution in [2.24, 2.45) is 0 Å². The number of rotatable bonds is 1. The molecule has 6 heteroatoms. The van der Waals surface area contributed by atoms with Crippen LogP contribution in [0.2, 0.25) is 10.0 Å². The molecular formula is C8H5Cl2NO3. The molecule has 1 aromatic rings. The monoisotopic (exact) mass is 233 g/mol. The van der Waals surface area contributed by atoms with E-state index in [1.165, 1.54) is 18.2 Å². The number of amides is 1. The van der Waals surface area contributed by atoms with Crippen molar-refractivity contribution in [3.05, 3.63) is 28.2 Å². The second kappa shape index (κ2) is 4.30. The number of carbonyl (C=O) groups excluding carboxylic acids is 1. The molecule has 0 unspecified atom stereocenters. The van der Waals surface area contributed by atoms with Crippen LogP contribution in [-0.4, -0.2) is 17.0 Å². The van der Waals surface area contributed by atoms with E-state index in [-0.39, 0.29) is 10.7 Å². The van der Waals surface area contributed by atoms with Crippen molar-refractivity contribution in [1.82, 2.24) is 0 Å². The first-order valence-electron chi connectivity index (χ1n) is 3.50. The Morgan fingerprint density at radius 1 is 1.29 bits per heavy atom. The fourth-order valence-corrected chi connectivity index (χ4v) is 1.11. The van der Waals surface area contributed by atoms with Gasteiger partial charge in [-0.25, -0.2) is 4.79 Å². The molecule has 0 spiro atoms. The molecule has 0 aliphatic carbocycles. The lowest BCUT2D eigenvalue weighted by molar-refractivity contribution is -0.147. The van der Waals surface area contributed by atoms with Crippen molar-refractivity contribution < 1.29 is 14.7 Å². The molecule has 0 aliphatic rings. The number of carboxylic acids is 1. The maximum absolute atomic E-state index is 10.8. The van der Waals surface area contributed by atoms with Gasteiger partial charge in [0.25, 0.3) is 0 Å². The van der Waals surface area contributed by atoms with Gasteiger partial charge in [0.2, 0.25) is 0 Å². The number of nitrogens with one attached hydrogen (secondary N) is 1. The zero-order valence-electron chi connectivity index (χ0n) is 6.75. The molecule has 0 aliphatic heterocycles. The minimum Gasteiger partial charge on any atom is -0.474 e. The maximum atomic E-state index is 10.8. The topological polar surface area (TPSA) is 66.4 Å². The third-order valence-electron chi connectivity index (χ3n) is 1.37. The molecule has 0 saturated carbocycles. The number of halogens is 2. The van der Waals surface area contributed by atoms with Crippen LogP contribution in [0.5, 0.6) is 0 Å². The molecule has 0 aromatic heterocycles. The summed E-state index contributed by atoms with van der Waals surface area (Å²) in [5, 5.41) is 11.0.